The molecule has 68 valence electrons. The van der Waals surface area contributed by atoms with E-state index in [4.69, 9.17) is 0 Å². The number of hydrogen-bond donors (Lipinski definition) is 1. The molecule has 0 bridgehead atoms. The molecule has 2 aromatic heterocycles. The standard InChI is InChI=1S/C6H4Br2N4S/c7-6(8)13-5-3-4(10-1-9-3)11-2-12-5/h1-2,6H,(H,9,10,11,12). The minimum absolute atomic E-state index is 0.140. The number of rotatable bonds is 2. The van der Waals surface area contributed by atoms with Crippen LogP contribution in [-0.4, -0.2) is 23.0 Å². The number of aromatic nitrogens is 4. The number of aromatic amines is 1. The van der Waals surface area contributed by atoms with Crippen LogP contribution in [0, 0.1) is 0 Å². The zero-order valence-electron chi connectivity index (χ0n) is 6.24. The van der Waals surface area contributed by atoms with Crippen molar-refractivity contribution in [2.75, 3.05) is 0 Å². The number of alkyl halides is 2. The van der Waals surface area contributed by atoms with Crippen molar-refractivity contribution in [3.63, 3.8) is 0 Å². The molecule has 2 aromatic rings. The lowest BCUT2D eigenvalue weighted by Crippen LogP contribution is -1.87. The van der Waals surface area contributed by atoms with E-state index in [0.29, 0.717) is 5.65 Å². The Morgan fingerprint density at radius 2 is 2.15 bits per heavy atom. The summed E-state index contributed by atoms with van der Waals surface area (Å²) in [5.41, 5.74) is 1.56. The summed E-state index contributed by atoms with van der Waals surface area (Å²) in [6, 6.07) is 0. The molecule has 7 heteroatoms. The molecule has 1 N–H and O–H groups in total. The molecule has 0 fully saturated rings. The summed E-state index contributed by atoms with van der Waals surface area (Å²) in [6.45, 7) is 0. The smallest absolute Gasteiger partial charge is 0.181 e. The molecule has 4 nitrogen and oxygen atoms in total. The van der Waals surface area contributed by atoms with Crippen LogP contribution in [0.1, 0.15) is 0 Å². The van der Waals surface area contributed by atoms with E-state index in [9.17, 15) is 0 Å². The largest absolute Gasteiger partial charge is 0.341 e. The maximum atomic E-state index is 4.14. The van der Waals surface area contributed by atoms with E-state index in [0.717, 1.165) is 10.5 Å². The quantitative estimate of drug-likeness (QED) is 0.524. The average Bonchev–Trinajstić information content (AvgIpc) is 2.51. The lowest BCUT2D eigenvalue weighted by atomic mass is 10.6. The Morgan fingerprint density at radius 3 is 2.92 bits per heavy atom. The van der Waals surface area contributed by atoms with Gasteiger partial charge in [0.1, 0.15) is 19.9 Å². The number of thioether (sulfide) groups is 1. The van der Waals surface area contributed by atoms with Crippen molar-refractivity contribution in [1.29, 1.82) is 0 Å². The minimum atomic E-state index is 0.140. The number of imidazole rings is 1. The van der Waals surface area contributed by atoms with Gasteiger partial charge < -0.3 is 4.98 Å². The number of nitrogens with zero attached hydrogens (tertiary/aromatic N) is 3. The highest BCUT2D eigenvalue weighted by Crippen LogP contribution is 2.32. The van der Waals surface area contributed by atoms with Crippen LogP contribution < -0.4 is 0 Å². The summed E-state index contributed by atoms with van der Waals surface area (Å²) in [7, 11) is 0. The van der Waals surface area contributed by atoms with E-state index >= 15 is 0 Å². The Hall–Kier alpha value is -0.140. The molecule has 0 aliphatic rings. The first-order chi connectivity index (χ1) is 6.27. The fourth-order valence-electron chi connectivity index (χ4n) is 0.917. The molecule has 0 saturated carbocycles. The van der Waals surface area contributed by atoms with E-state index in [1.54, 1.807) is 18.1 Å². The second-order valence-corrected chi connectivity index (χ2v) is 7.52. The van der Waals surface area contributed by atoms with Gasteiger partial charge in [-0.15, -0.1) is 0 Å². The Morgan fingerprint density at radius 1 is 1.31 bits per heavy atom. The molecular formula is C6H4Br2N4S. The summed E-state index contributed by atoms with van der Waals surface area (Å²) in [5.74, 6) is 0. The second-order valence-electron chi connectivity index (χ2n) is 2.16. The fraction of sp³-hybridized carbons (Fsp3) is 0.167. The van der Waals surface area contributed by atoms with E-state index in [2.05, 4.69) is 51.8 Å². The number of fused-ring (bicyclic) bond motifs is 1. The van der Waals surface area contributed by atoms with Gasteiger partial charge in [-0.05, 0) is 0 Å². The zero-order chi connectivity index (χ0) is 9.26. The van der Waals surface area contributed by atoms with Crippen molar-refractivity contribution in [2.24, 2.45) is 0 Å². The van der Waals surface area contributed by atoms with Gasteiger partial charge in [-0.2, -0.15) is 0 Å². The minimum Gasteiger partial charge on any atom is -0.341 e. The summed E-state index contributed by atoms with van der Waals surface area (Å²) in [5, 5.41) is 0.876. The lowest BCUT2D eigenvalue weighted by molar-refractivity contribution is 1.09. The van der Waals surface area contributed by atoms with Gasteiger partial charge in [0.25, 0.3) is 0 Å². The third-order valence-electron chi connectivity index (χ3n) is 1.39. The van der Waals surface area contributed by atoms with E-state index in [1.807, 2.05) is 0 Å². The molecule has 0 unspecified atom stereocenters. The Kier molecular flexibility index (Phi) is 2.85. The molecule has 2 heterocycles. The van der Waals surface area contributed by atoms with Gasteiger partial charge in [0.2, 0.25) is 0 Å². The van der Waals surface area contributed by atoms with Crippen molar-refractivity contribution < 1.29 is 0 Å². The Balaban J connectivity index is 2.48. The van der Waals surface area contributed by atoms with Crippen molar-refractivity contribution in [1.82, 2.24) is 19.9 Å². The summed E-state index contributed by atoms with van der Waals surface area (Å²) < 4.78 is 0.140. The van der Waals surface area contributed by atoms with E-state index < -0.39 is 0 Å². The van der Waals surface area contributed by atoms with Crippen molar-refractivity contribution in [2.45, 2.75) is 8.09 Å². The van der Waals surface area contributed by atoms with E-state index in [1.165, 1.54) is 6.33 Å². The normalized spacial score (nSPS) is 11.3. The molecule has 13 heavy (non-hydrogen) atoms. The molecule has 0 aliphatic heterocycles. The first-order valence-corrected chi connectivity index (χ1v) is 6.07. The molecule has 0 spiro atoms. The second kappa shape index (κ2) is 3.93. The van der Waals surface area contributed by atoms with Crippen molar-refractivity contribution in [3.8, 4) is 0 Å². The molecule has 2 rings (SSSR count). The molecular weight excluding hydrogens is 320 g/mol. The topological polar surface area (TPSA) is 54.5 Å². The van der Waals surface area contributed by atoms with Crippen LogP contribution in [0.3, 0.4) is 0 Å². The molecule has 0 aromatic carbocycles. The molecule has 0 saturated heterocycles. The van der Waals surface area contributed by atoms with Crippen LogP contribution in [0.2, 0.25) is 0 Å². The highest BCUT2D eigenvalue weighted by atomic mass is 79.9. The highest BCUT2D eigenvalue weighted by Gasteiger charge is 2.09. The predicted molar refractivity (Wildman–Crippen MR) is 59.2 cm³/mol. The zero-order valence-corrected chi connectivity index (χ0v) is 10.2. The maximum absolute atomic E-state index is 4.14. The van der Waals surface area contributed by atoms with Crippen LogP contribution in [0.25, 0.3) is 11.2 Å². The van der Waals surface area contributed by atoms with Crippen LogP contribution >= 0.6 is 43.6 Å². The average molecular weight is 324 g/mol. The SMILES string of the molecule is BrC(Br)Sc1ncnc2nc[nH]c12. The molecule has 0 amide bonds. The summed E-state index contributed by atoms with van der Waals surface area (Å²) in [4.78, 5) is 15.2. The third kappa shape index (κ3) is 2.03. The summed E-state index contributed by atoms with van der Waals surface area (Å²) in [6.07, 6.45) is 3.12. The van der Waals surface area contributed by atoms with Gasteiger partial charge in [-0.25, -0.2) is 15.0 Å². The number of halogens is 2. The van der Waals surface area contributed by atoms with Gasteiger partial charge in [0, 0.05) is 0 Å². The fourth-order valence-corrected chi connectivity index (χ4v) is 2.52. The first-order valence-electron chi connectivity index (χ1n) is 3.36. The first kappa shape index (κ1) is 9.42. The van der Waals surface area contributed by atoms with Crippen LogP contribution in [0.15, 0.2) is 17.7 Å². The molecule has 0 aliphatic carbocycles. The van der Waals surface area contributed by atoms with Gasteiger partial charge in [0.05, 0.1) is 6.33 Å². The number of nitrogens with one attached hydrogen (secondary N) is 1. The van der Waals surface area contributed by atoms with Crippen molar-refractivity contribution in [3.05, 3.63) is 12.7 Å². The number of H-pyrrole nitrogens is 1. The monoisotopic (exact) mass is 322 g/mol. The maximum Gasteiger partial charge on any atom is 0.181 e. The Bertz CT molecular complexity index is 416. The van der Waals surface area contributed by atoms with Gasteiger partial charge in [-0.3, -0.25) is 0 Å². The van der Waals surface area contributed by atoms with Gasteiger partial charge in [0.15, 0.2) is 5.65 Å². The number of hydrogen-bond acceptors (Lipinski definition) is 4. The van der Waals surface area contributed by atoms with Crippen LogP contribution in [0.5, 0.6) is 0 Å². The van der Waals surface area contributed by atoms with Crippen LogP contribution in [0.4, 0.5) is 0 Å². The summed E-state index contributed by atoms with van der Waals surface area (Å²) >= 11 is 8.28. The van der Waals surface area contributed by atoms with E-state index in [-0.39, 0.29) is 3.07 Å². The third-order valence-corrected chi connectivity index (χ3v) is 3.22. The molecule has 0 radical (unpaired) electrons. The predicted octanol–water partition coefficient (Wildman–Crippen LogP) is 2.52. The van der Waals surface area contributed by atoms with Crippen LogP contribution in [-0.2, 0) is 0 Å². The highest BCUT2D eigenvalue weighted by molar-refractivity contribution is 9.27. The van der Waals surface area contributed by atoms with Gasteiger partial charge >= 0.3 is 0 Å². The van der Waals surface area contributed by atoms with Crippen molar-refractivity contribution >= 4 is 54.8 Å². The lowest BCUT2D eigenvalue weighted by Gasteiger charge is -2.00. The van der Waals surface area contributed by atoms with Gasteiger partial charge in [-0.1, -0.05) is 43.6 Å². The molecule has 0 atom stereocenters. The Labute approximate surface area is 95.2 Å².